The summed E-state index contributed by atoms with van der Waals surface area (Å²) in [5.41, 5.74) is 6.11. The minimum Gasteiger partial charge on any atom is -0.364 e. The number of nitrogens with two attached hydrogens (primary N) is 1. The topological polar surface area (TPSA) is 84.1 Å². The van der Waals surface area contributed by atoms with E-state index in [1.165, 1.54) is 6.33 Å². The number of rotatable bonds is 2. The van der Waals surface area contributed by atoms with Gasteiger partial charge in [0, 0.05) is 6.04 Å². The van der Waals surface area contributed by atoms with Gasteiger partial charge in [-0.1, -0.05) is 13.8 Å². The first-order valence-corrected chi connectivity index (χ1v) is 5.76. The third kappa shape index (κ3) is 2.46. The zero-order valence-corrected chi connectivity index (χ0v) is 10.7. The molecule has 17 heavy (non-hydrogen) atoms. The van der Waals surface area contributed by atoms with Crippen LogP contribution in [-0.4, -0.2) is 28.6 Å². The second-order valence-corrected chi connectivity index (χ2v) is 3.68. The fraction of sp³-hybridized carbons (Fsp3) is 0.545. The molecule has 2 heterocycles. The molecule has 0 saturated carbocycles. The molecule has 0 bridgehead atoms. The largest absolute Gasteiger partial charge is 0.364 e. The Balaban J connectivity index is 0.000000686. The zero-order chi connectivity index (χ0) is 13.0. The van der Waals surface area contributed by atoms with E-state index >= 15 is 0 Å². The maximum Gasteiger partial charge on any atom is 0.269 e. The van der Waals surface area contributed by atoms with Crippen LogP contribution in [0.15, 0.2) is 6.33 Å². The maximum absolute atomic E-state index is 11.1. The number of anilines is 2. The smallest absolute Gasteiger partial charge is 0.269 e. The van der Waals surface area contributed by atoms with Gasteiger partial charge in [0.15, 0.2) is 11.5 Å². The summed E-state index contributed by atoms with van der Waals surface area (Å²) in [6.07, 6.45) is 1.36. The third-order valence-electron chi connectivity index (χ3n) is 2.38. The number of hydrogen-bond donors (Lipinski definition) is 2. The number of carbonyl (C=O) groups excluding carboxylic acids is 1. The Morgan fingerprint density at radius 3 is 2.65 bits per heavy atom. The van der Waals surface area contributed by atoms with Crippen LogP contribution >= 0.6 is 0 Å². The van der Waals surface area contributed by atoms with E-state index in [2.05, 4.69) is 29.1 Å². The van der Waals surface area contributed by atoms with Crippen LogP contribution in [0.5, 0.6) is 0 Å². The van der Waals surface area contributed by atoms with Gasteiger partial charge < -0.3 is 16.0 Å². The van der Waals surface area contributed by atoms with Crippen molar-refractivity contribution in [2.75, 3.05) is 16.9 Å². The summed E-state index contributed by atoms with van der Waals surface area (Å²) in [5, 5.41) is 3.08. The van der Waals surface area contributed by atoms with Crippen molar-refractivity contribution < 1.29 is 4.79 Å². The highest BCUT2D eigenvalue weighted by Gasteiger charge is 2.26. The highest BCUT2D eigenvalue weighted by Crippen LogP contribution is 2.31. The monoisotopic (exact) mass is 237 g/mol. The standard InChI is InChI=1S/C9H13N5O.C2H6/c1-5(2)14-4-13-7-6(8(10)15)11-3-12-9(7)14;1-2/h3,5,13H,4H2,1-2H3,(H2,10,15);1-2H3. The molecule has 3 N–H and O–H groups in total. The second kappa shape index (κ2) is 5.47. The van der Waals surface area contributed by atoms with Gasteiger partial charge in [0.25, 0.3) is 5.91 Å². The van der Waals surface area contributed by atoms with Crippen molar-refractivity contribution in [1.82, 2.24) is 9.97 Å². The minimum atomic E-state index is -0.535. The van der Waals surface area contributed by atoms with Crippen LogP contribution in [0, 0.1) is 0 Å². The fourth-order valence-electron chi connectivity index (χ4n) is 1.61. The molecule has 0 unspecified atom stereocenters. The van der Waals surface area contributed by atoms with Gasteiger partial charge >= 0.3 is 0 Å². The first-order valence-electron chi connectivity index (χ1n) is 5.76. The highest BCUT2D eigenvalue weighted by atomic mass is 16.1. The van der Waals surface area contributed by atoms with Crippen molar-refractivity contribution in [2.24, 2.45) is 5.73 Å². The molecule has 0 saturated heterocycles. The second-order valence-electron chi connectivity index (χ2n) is 3.68. The first-order chi connectivity index (χ1) is 8.11. The van der Waals surface area contributed by atoms with Crippen molar-refractivity contribution in [3.8, 4) is 0 Å². The molecule has 1 aliphatic rings. The predicted octanol–water partition coefficient (Wildman–Crippen LogP) is 1.20. The lowest BCUT2D eigenvalue weighted by Crippen LogP contribution is -2.30. The summed E-state index contributed by atoms with van der Waals surface area (Å²) >= 11 is 0. The van der Waals surface area contributed by atoms with Gasteiger partial charge in [-0.05, 0) is 13.8 Å². The molecule has 1 aliphatic heterocycles. The molecular formula is C11H19N5O. The van der Waals surface area contributed by atoms with Crippen LogP contribution in [0.25, 0.3) is 0 Å². The van der Waals surface area contributed by atoms with Gasteiger partial charge in [0.05, 0.1) is 6.67 Å². The number of amides is 1. The van der Waals surface area contributed by atoms with E-state index in [9.17, 15) is 4.79 Å². The molecular weight excluding hydrogens is 218 g/mol. The normalized spacial score (nSPS) is 12.6. The number of fused-ring (bicyclic) bond motifs is 1. The Bertz CT molecular complexity index is 405. The van der Waals surface area contributed by atoms with Gasteiger partial charge in [0.2, 0.25) is 0 Å². The lowest BCUT2D eigenvalue weighted by atomic mass is 10.3. The van der Waals surface area contributed by atoms with Gasteiger partial charge in [-0.25, -0.2) is 9.97 Å². The van der Waals surface area contributed by atoms with Crippen molar-refractivity contribution in [3.05, 3.63) is 12.0 Å². The van der Waals surface area contributed by atoms with Crippen LogP contribution in [0.1, 0.15) is 38.2 Å². The van der Waals surface area contributed by atoms with Crippen molar-refractivity contribution in [2.45, 2.75) is 33.7 Å². The maximum atomic E-state index is 11.1. The molecule has 0 atom stereocenters. The zero-order valence-electron chi connectivity index (χ0n) is 10.7. The van der Waals surface area contributed by atoms with Gasteiger partial charge in [-0.3, -0.25) is 4.79 Å². The molecule has 0 aromatic carbocycles. The number of nitrogens with one attached hydrogen (secondary N) is 1. The Kier molecular flexibility index (Phi) is 4.25. The predicted molar refractivity (Wildman–Crippen MR) is 68.0 cm³/mol. The van der Waals surface area contributed by atoms with Crippen molar-refractivity contribution >= 4 is 17.4 Å². The quantitative estimate of drug-likeness (QED) is 0.807. The number of hydrogen-bond acceptors (Lipinski definition) is 5. The lowest BCUT2D eigenvalue weighted by Gasteiger charge is -2.20. The Morgan fingerprint density at radius 2 is 2.12 bits per heavy atom. The lowest BCUT2D eigenvalue weighted by molar-refractivity contribution is 0.0996. The number of carbonyl (C=O) groups is 1. The van der Waals surface area contributed by atoms with E-state index in [-0.39, 0.29) is 5.69 Å². The van der Waals surface area contributed by atoms with Crippen molar-refractivity contribution in [3.63, 3.8) is 0 Å². The summed E-state index contributed by atoms with van der Waals surface area (Å²) in [4.78, 5) is 21.2. The summed E-state index contributed by atoms with van der Waals surface area (Å²) < 4.78 is 0. The number of aromatic nitrogens is 2. The van der Waals surface area contributed by atoms with E-state index in [1.54, 1.807) is 0 Å². The Labute approximate surface area is 101 Å². The Morgan fingerprint density at radius 1 is 1.47 bits per heavy atom. The molecule has 2 rings (SSSR count). The molecule has 6 heteroatoms. The molecule has 0 aliphatic carbocycles. The molecule has 0 radical (unpaired) electrons. The van der Waals surface area contributed by atoms with Crippen LogP contribution in [0.4, 0.5) is 11.5 Å². The van der Waals surface area contributed by atoms with E-state index in [4.69, 9.17) is 5.73 Å². The van der Waals surface area contributed by atoms with Crippen LogP contribution in [0.3, 0.4) is 0 Å². The van der Waals surface area contributed by atoms with Crippen LogP contribution in [0.2, 0.25) is 0 Å². The molecule has 1 amide bonds. The minimum absolute atomic E-state index is 0.253. The molecule has 0 spiro atoms. The van der Waals surface area contributed by atoms with Gasteiger partial charge in [-0.2, -0.15) is 0 Å². The van der Waals surface area contributed by atoms with E-state index in [0.717, 1.165) is 5.82 Å². The SMILES string of the molecule is CC.CC(C)N1CNc2c(C(N)=O)ncnc21. The summed E-state index contributed by atoms with van der Waals surface area (Å²) in [6, 6.07) is 0.314. The van der Waals surface area contributed by atoms with Crippen molar-refractivity contribution in [1.29, 1.82) is 0 Å². The number of nitrogens with zero attached hydrogens (tertiary/aromatic N) is 3. The first kappa shape index (κ1) is 13.2. The van der Waals surface area contributed by atoms with E-state index in [1.807, 2.05) is 18.7 Å². The van der Waals surface area contributed by atoms with Gasteiger partial charge in [-0.15, -0.1) is 0 Å². The highest BCUT2D eigenvalue weighted by molar-refractivity contribution is 5.99. The van der Waals surface area contributed by atoms with Crippen LogP contribution in [-0.2, 0) is 0 Å². The van der Waals surface area contributed by atoms with E-state index in [0.29, 0.717) is 18.4 Å². The van der Waals surface area contributed by atoms with E-state index < -0.39 is 5.91 Å². The van der Waals surface area contributed by atoms with Gasteiger partial charge in [0.1, 0.15) is 12.0 Å². The Hall–Kier alpha value is -1.85. The summed E-state index contributed by atoms with van der Waals surface area (Å²) in [6.45, 7) is 8.75. The third-order valence-corrected chi connectivity index (χ3v) is 2.38. The van der Waals surface area contributed by atoms with Crippen LogP contribution < -0.4 is 16.0 Å². The number of primary amides is 1. The molecule has 1 aromatic rings. The average Bonchev–Trinajstić information content (AvgIpc) is 2.74. The molecule has 94 valence electrons. The fourth-order valence-corrected chi connectivity index (χ4v) is 1.61. The summed E-state index contributed by atoms with van der Waals surface area (Å²) in [5.74, 6) is 0.209. The molecule has 0 fully saturated rings. The summed E-state index contributed by atoms with van der Waals surface area (Å²) in [7, 11) is 0. The molecule has 1 aromatic heterocycles. The molecule has 6 nitrogen and oxygen atoms in total. The average molecular weight is 237 g/mol.